The Morgan fingerprint density at radius 2 is 2.12 bits per heavy atom. The van der Waals surface area contributed by atoms with E-state index in [1.54, 1.807) is 6.20 Å². The first-order valence-corrected chi connectivity index (χ1v) is 8.83. The van der Waals surface area contributed by atoms with Crippen molar-refractivity contribution in [3.05, 3.63) is 62.1 Å². The first-order chi connectivity index (χ1) is 11.5. The summed E-state index contributed by atoms with van der Waals surface area (Å²) in [7, 11) is 0. The SMILES string of the molecule is Cc1nn(Cc2cccc(NC(=O)c3[nH]ncc3Br)c2)c(C)c1Br. The minimum Gasteiger partial charge on any atom is -0.321 e. The van der Waals surface area contributed by atoms with Gasteiger partial charge in [-0.15, -0.1) is 0 Å². The Hall–Kier alpha value is -1.93. The number of carbonyl (C=O) groups is 1. The second kappa shape index (κ2) is 6.90. The Bertz CT molecular complexity index is 900. The molecule has 0 aliphatic carbocycles. The zero-order valence-electron chi connectivity index (χ0n) is 13.1. The van der Waals surface area contributed by atoms with Gasteiger partial charge in [-0.1, -0.05) is 12.1 Å². The van der Waals surface area contributed by atoms with Gasteiger partial charge in [-0.05, 0) is 63.4 Å². The second-order valence-electron chi connectivity index (χ2n) is 5.39. The summed E-state index contributed by atoms with van der Waals surface area (Å²) >= 11 is 6.82. The fraction of sp³-hybridized carbons (Fsp3) is 0.188. The quantitative estimate of drug-likeness (QED) is 0.626. The summed E-state index contributed by atoms with van der Waals surface area (Å²) in [5.74, 6) is -0.245. The molecule has 3 rings (SSSR count). The predicted octanol–water partition coefficient (Wildman–Crippen LogP) is 4.05. The molecule has 1 aromatic carbocycles. The van der Waals surface area contributed by atoms with Crippen molar-refractivity contribution in [1.82, 2.24) is 20.0 Å². The molecule has 0 spiro atoms. The molecule has 0 radical (unpaired) electrons. The normalized spacial score (nSPS) is 10.8. The van der Waals surface area contributed by atoms with E-state index in [1.165, 1.54) is 0 Å². The number of aryl methyl sites for hydroxylation is 1. The van der Waals surface area contributed by atoms with Crippen molar-refractivity contribution in [3.8, 4) is 0 Å². The van der Waals surface area contributed by atoms with Crippen LogP contribution in [0.3, 0.4) is 0 Å². The third-order valence-corrected chi connectivity index (χ3v) is 5.38. The van der Waals surface area contributed by atoms with E-state index in [4.69, 9.17) is 0 Å². The molecule has 6 nitrogen and oxygen atoms in total. The summed E-state index contributed by atoms with van der Waals surface area (Å²) in [6.07, 6.45) is 1.55. The Labute approximate surface area is 155 Å². The average molecular weight is 453 g/mol. The van der Waals surface area contributed by atoms with Crippen molar-refractivity contribution in [1.29, 1.82) is 0 Å². The zero-order chi connectivity index (χ0) is 17.3. The monoisotopic (exact) mass is 451 g/mol. The van der Waals surface area contributed by atoms with Gasteiger partial charge < -0.3 is 5.32 Å². The molecule has 1 amide bonds. The van der Waals surface area contributed by atoms with E-state index in [2.05, 4.69) is 52.5 Å². The molecule has 0 unspecified atom stereocenters. The molecule has 0 saturated carbocycles. The fourth-order valence-corrected chi connectivity index (χ4v) is 3.03. The van der Waals surface area contributed by atoms with Gasteiger partial charge in [0.2, 0.25) is 0 Å². The minimum absolute atomic E-state index is 0.245. The first kappa shape index (κ1) is 16.9. The molecule has 2 N–H and O–H groups in total. The topological polar surface area (TPSA) is 75.6 Å². The number of H-pyrrole nitrogens is 1. The predicted molar refractivity (Wildman–Crippen MR) is 99.2 cm³/mol. The van der Waals surface area contributed by atoms with Gasteiger partial charge in [-0.25, -0.2) is 0 Å². The van der Waals surface area contributed by atoms with E-state index < -0.39 is 0 Å². The molecule has 2 heterocycles. The van der Waals surface area contributed by atoms with Crippen molar-refractivity contribution < 1.29 is 4.79 Å². The van der Waals surface area contributed by atoms with Crippen LogP contribution in [0.4, 0.5) is 5.69 Å². The van der Waals surface area contributed by atoms with Gasteiger partial charge in [0.25, 0.3) is 5.91 Å². The van der Waals surface area contributed by atoms with Crippen LogP contribution in [0.5, 0.6) is 0 Å². The van der Waals surface area contributed by atoms with Crippen LogP contribution in [0, 0.1) is 13.8 Å². The molecule has 0 saturated heterocycles. The lowest BCUT2D eigenvalue weighted by Crippen LogP contribution is -2.13. The number of nitrogens with zero attached hydrogens (tertiary/aromatic N) is 3. The van der Waals surface area contributed by atoms with Crippen LogP contribution in [0.25, 0.3) is 0 Å². The second-order valence-corrected chi connectivity index (χ2v) is 7.04. The summed E-state index contributed by atoms with van der Waals surface area (Å²) in [6.45, 7) is 4.62. The molecule has 24 heavy (non-hydrogen) atoms. The van der Waals surface area contributed by atoms with Crippen molar-refractivity contribution in [3.63, 3.8) is 0 Å². The molecular formula is C16H15Br2N5O. The summed E-state index contributed by atoms with van der Waals surface area (Å²) in [5.41, 5.74) is 4.20. The Balaban J connectivity index is 1.78. The summed E-state index contributed by atoms with van der Waals surface area (Å²) in [6, 6.07) is 7.70. The fourth-order valence-electron chi connectivity index (χ4n) is 2.37. The van der Waals surface area contributed by atoms with Crippen LogP contribution in [0.2, 0.25) is 0 Å². The highest BCUT2D eigenvalue weighted by atomic mass is 79.9. The van der Waals surface area contributed by atoms with Gasteiger partial charge in [-0.3, -0.25) is 14.6 Å². The highest BCUT2D eigenvalue weighted by Gasteiger charge is 2.13. The number of nitrogens with one attached hydrogen (secondary N) is 2. The lowest BCUT2D eigenvalue weighted by molar-refractivity contribution is 0.102. The largest absolute Gasteiger partial charge is 0.321 e. The zero-order valence-corrected chi connectivity index (χ0v) is 16.3. The number of carbonyl (C=O) groups excluding carboxylic acids is 1. The molecule has 0 aliphatic heterocycles. The van der Waals surface area contributed by atoms with Gasteiger partial charge in [0.15, 0.2) is 0 Å². The number of hydrogen-bond acceptors (Lipinski definition) is 3. The number of aromatic amines is 1. The molecular weight excluding hydrogens is 438 g/mol. The molecule has 0 bridgehead atoms. The van der Waals surface area contributed by atoms with Crippen molar-refractivity contribution in [2.75, 3.05) is 5.32 Å². The Morgan fingerprint density at radius 1 is 1.33 bits per heavy atom. The third-order valence-electron chi connectivity index (χ3n) is 3.63. The van der Waals surface area contributed by atoms with Gasteiger partial charge in [0.1, 0.15) is 5.69 Å². The molecule has 8 heteroatoms. The van der Waals surface area contributed by atoms with E-state index in [1.807, 2.05) is 42.8 Å². The van der Waals surface area contributed by atoms with Crippen molar-refractivity contribution >= 4 is 43.5 Å². The molecule has 0 atom stereocenters. The number of benzene rings is 1. The Kier molecular flexibility index (Phi) is 4.86. The average Bonchev–Trinajstić information content (AvgIpc) is 3.07. The molecule has 0 aliphatic rings. The third kappa shape index (κ3) is 3.44. The number of amides is 1. The van der Waals surface area contributed by atoms with E-state index in [9.17, 15) is 4.79 Å². The van der Waals surface area contributed by atoms with Gasteiger partial charge in [-0.2, -0.15) is 10.2 Å². The van der Waals surface area contributed by atoms with Crippen LogP contribution in [-0.4, -0.2) is 25.9 Å². The van der Waals surface area contributed by atoms with Crippen LogP contribution in [0.1, 0.15) is 27.4 Å². The summed E-state index contributed by atoms with van der Waals surface area (Å²) in [4.78, 5) is 12.2. The summed E-state index contributed by atoms with van der Waals surface area (Å²) < 4.78 is 3.59. The lowest BCUT2D eigenvalue weighted by Gasteiger charge is -2.08. The van der Waals surface area contributed by atoms with Gasteiger partial charge in [0.05, 0.1) is 33.1 Å². The number of anilines is 1. The lowest BCUT2D eigenvalue weighted by atomic mass is 10.2. The minimum atomic E-state index is -0.245. The van der Waals surface area contributed by atoms with E-state index in [-0.39, 0.29) is 5.91 Å². The number of rotatable bonds is 4. The van der Waals surface area contributed by atoms with Crippen LogP contribution < -0.4 is 5.32 Å². The Morgan fingerprint density at radius 3 is 2.75 bits per heavy atom. The number of aromatic nitrogens is 4. The first-order valence-electron chi connectivity index (χ1n) is 7.24. The van der Waals surface area contributed by atoms with Gasteiger partial charge in [0, 0.05) is 5.69 Å². The molecule has 124 valence electrons. The maximum absolute atomic E-state index is 12.2. The van der Waals surface area contributed by atoms with Crippen LogP contribution in [0.15, 0.2) is 39.4 Å². The maximum Gasteiger partial charge on any atom is 0.274 e. The van der Waals surface area contributed by atoms with Crippen LogP contribution >= 0.6 is 31.9 Å². The maximum atomic E-state index is 12.2. The van der Waals surface area contributed by atoms with E-state index >= 15 is 0 Å². The highest BCUT2D eigenvalue weighted by Crippen LogP contribution is 2.21. The number of halogens is 2. The molecule has 0 fully saturated rings. The van der Waals surface area contributed by atoms with Crippen molar-refractivity contribution in [2.45, 2.75) is 20.4 Å². The molecule has 3 aromatic rings. The van der Waals surface area contributed by atoms with Gasteiger partial charge >= 0.3 is 0 Å². The highest BCUT2D eigenvalue weighted by molar-refractivity contribution is 9.10. The van der Waals surface area contributed by atoms with Crippen LogP contribution in [-0.2, 0) is 6.54 Å². The summed E-state index contributed by atoms with van der Waals surface area (Å²) in [5, 5.41) is 13.9. The molecule has 2 aromatic heterocycles. The van der Waals surface area contributed by atoms with E-state index in [0.29, 0.717) is 16.7 Å². The smallest absolute Gasteiger partial charge is 0.274 e. The standard InChI is InChI=1S/C16H15Br2N5O/c1-9-14(18)10(2)23(22-9)8-11-4-3-5-12(6-11)20-16(24)15-13(17)7-19-21-15/h3-7H,8H2,1-2H3,(H,19,21)(H,20,24). The van der Waals surface area contributed by atoms with Crippen molar-refractivity contribution in [2.24, 2.45) is 0 Å². The van der Waals surface area contributed by atoms with E-state index in [0.717, 1.165) is 27.1 Å². The number of hydrogen-bond donors (Lipinski definition) is 2.